The smallest absolute Gasteiger partial charge is 0.549 e. The molecule has 0 fully saturated rings. The third-order valence-corrected chi connectivity index (χ3v) is 1.99. The summed E-state index contributed by atoms with van der Waals surface area (Å²) in [5.41, 5.74) is 0. The molecule has 0 N–H and O–H groups in total. The molecule has 0 aromatic rings. The number of carbonyl (C=O) groups excluding carboxylic acids is 2. The van der Waals surface area contributed by atoms with Gasteiger partial charge in [0.05, 0.1) is 11.9 Å². The summed E-state index contributed by atoms with van der Waals surface area (Å²) in [5, 5.41) is 20.7. The number of aliphatic carboxylic acids is 2. The van der Waals surface area contributed by atoms with E-state index in [-0.39, 0.29) is 82.6 Å². The minimum absolute atomic E-state index is 0. The summed E-state index contributed by atoms with van der Waals surface area (Å²) in [5.74, 6) is -4.50. The first-order chi connectivity index (χ1) is 5.99. The van der Waals surface area contributed by atoms with E-state index in [0.717, 1.165) is 12.8 Å². The molecule has 0 aliphatic carbocycles. The van der Waals surface area contributed by atoms with E-state index in [4.69, 9.17) is 0 Å². The topological polar surface area (TPSA) is 80.3 Å². The Morgan fingerprint density at radius 2 is 1.60 bits per heavy atom. The predicted molar refractivity (Wildman–Crippen MR) is 42.2 cm³/mol. The van der Waals surface area contributed by atoms with Crippen LogP contribution in [0.25, 0.3) is 0 Å². The minimum Gasteiger partial charge on any atom is -0.549 e. The first-order valence-corrected chi connectivity index (χ1v) is 4.40. The summed E-state index contributed by atoms with van der Waals surface area (Å²) in [6.07, 6.45) is 1.82. The maximum absolute atomic E-state index is 10.3. The zero-order valence-corrected chi connectivity index (χ0v) is 13.0. The Kier molecular flexibility index (Phi) is 16.7. The number of rotatable bonds is 6. The Morgan fingerprint density at radius 3 is 1.87 bits per heavy atom. The molecule has 0 saturated heterocycles. The maximum Gasteiger partial charge on any atom is 1.00 e. The van der Waals surface area contributed by atoms with E-state index in [1.807, 2.05) is 13.8 Å². The van der Waals surface area contributed by atoms with Gasteiger partial charge in [-0.05, 0) is 12.3 Å². The van der Waals surface area contributed by atoms with E-state index in [1.54, 1.807) is 0 Å². The number of hydrogen-bond donors (Lipinski definition) is 0. The van der Waals surface area contributed by atoms with Gasteiger partial charge in [-0.25, -0.2) is 0 Å². The Balaban J connectivity index is -0.000000720. The summed E-state index contributed by atoms with van der Waals surface area (Å²) < 4.78 is 0. The van der Waals surface area contributed by atoms with Crippen molar-refractivity contribution >= 4 is 11.9 Å². The van der Waals surface area contributed by atoms with Crippen LogP contribution in [0.1, 0.15) is 33.1 Å². The molecule has 0 amide bonds. The van der Waals surface area contributed by atoms with Crippen molar-refractivity contribution in [1.82, 2.24) is 0 Å². The van der Waals surface area contributed by atoms with Crippen molar-refractivity contribution in [3.63, 3.8) is 0 Å². The summed E-state index contributed by atoms with van der Waals surface area (Å²) in [7, 11) is 0. The van der Waals surface area contributed by atoms with Crippen LogP contribution in [0, 0.1) is 11.8 Å². The third kappa shape index (κ3) is 10.1. The largest absolute Gasteiger partial charge is 1.00 e. The van der Waals surface area contributed by atoms with Crippen LogP contribution in [0.15, 0.2) is 0 Å². The molecule has 0 aliphatic rings. The maximum atomic E-state index is 10.3. The minimum atomic E-state index is -1.55. The molecule has 1 atom stereocenters. The monoisotopic (exact) mass is 232 g/mol. The van der Waals surface area contributed by atoms with Gasteiger partial charge in [0.2, 0.25) is 0 Å². The molecule has 15 heavy (non-hydrogen) atoms. The van der Waals surface area contributed by atoms with Gasteiger partial charge in [0.25, 0.3) is 0 Å². The Labute approximate surface area is 145 Å². The van der Waals surface area contributed by atoms with Crippen molar-refractivity contribution < 1.29 is 90.0 Å². The van der Waals surface area contributed by atoms with Gasteiger partial charge in [-0.15, -0.1) is 0 Å². The van der Waals surface area contributed by atoms with Crippen LogP contribution in [0.3, 0.4) is 0 Å². The Hall–Kier alpha value is 1.17. The summed E-state index contributed by atoms with van der Waals surface area (Å²) in [6, 6.07) is 0. The number of carboxylic acids is 2. The fraction of sp³-hybridized carbons (Fsp3) is 0.778. The first kappa shape index (κ1) is 21.5. The molecular formula is C9H14KLiO4. The van der Waals surface area contributed by atoms with E-state index >= 15 is 0 Å². The fourth-order valence-corrected chi connectivity index (χ4v) is 1.30. The standard InChI is InChI=1S/C9H16O4.K.Li/c1-3-4-6(2)5-7(8(10)11)9(12)13;;/h6-7H,3-5H2,1-2H3,(H,10,11)(H,12,13);;/q;2*+1/p-2. The molecule has 0 aromatic carbocycles. The van der Waals surface area contributed by atoms with Gasteiger partial charge in [-0.1, -0.05) is 26.7 Å². The molecule has 0 aliphatic heterocycles. The van der Waals surface area contributed by atoms with E-state index < -0.39 is 17.9 Å². The summed E-state index contributed by atoms with van der Waals surface area (Å²) in [6.45, 7) is 3.78. The second-order valence-corrected chi connectivity index (χ2v) is 3.32. The van der Waals surface area contributed by atoms with E-state index in [2.05, 4.69) is 0 Å². The van der Waals surface area contributed by atoms with Gasteiger partial charge in [-0.3, -0.25) is 0 Å². The van der Waals surface area contributed by atoms with E-state index in [0.29, 0.717) is 0 Å². The Bertz CT molecular complexity index is 185. The van der Waals surface area contributed by atoms with E-state index in [9.17, 15) is 19.8 Å². The van der Waals surface area contributed by atoms with Crippen molar-refractivity contribution in [1.29, 1.82) is 0 Å². The second-order valence-electron chi connectivity index (χ2n) is 3.32. The molecule has 0 bridgehead atoms. The number of hydrogen-bond acceptors (Lipinski definition) is 4. The van der Waals surface area contributed by atoms with Crippen LogP contribution in [0.4, 0.5) is 0 Å². The van der Waals surface area contributed by atoms with Gasteiger partial charge in [0.15, 0.2) is 0 Å². The molecule has 0 radical (unpaired) electrons. The molecule has 0 aromatic heterocycles. The van der Waals surface area contributed by atoms with Gasteiger partial charge >= 0.3 is 70.2 Å². The molecule has 4 nitrogen and oxygen atoms in total. The summed E-state index contributed by atoms with van der Waals surface area (Å²) >= 11 is 0. The van der Waals surface area contributed by atoms with Crippen molar-refractivity contribution in [2.45, 2.75) is 33.1 Å². The molecule has 1 unspecified atom stereocenters. The van der Waals surface area contributed by atoms with Crippen LogP contribution in [0.2, 0.25) is 0 Å². The molecule has 0 heterocycles. The molecule has 76 valence electrons. The SMILES string of the molecule is CCCC(C)CC(C(=O)[O-])C(=O)[O-].[K+].[Li+]. The first-order valence-electron chi connectivity index (χ1n) is 4.40. The average Bonchev–Trinajstić information content (AvgIpc) is 1.99. The van der Waals surface area contributed by atoms with Gasteiger partial charge in [0, 0.05) is 5.92 Å². The molecule has 0 saturated carbocycles. The molecule has 0 rings (SSSR count). The summed E-state index contributed by atoms with van der Waals surface area (Å²) in [4.78, 5) is 20.7. The number of carboxylic acid groups (broad SMARTS) is 2. The molecule has 6 heteroatoms. The third-order valence-electron chi connectivity index (χ3n) is 1.99. The van der Waals surface area contributed by atoms with Crippen LogP contribution >= 0.6 is 0 Å². The van der Waals surface area contributed by atoms with Crippen LogP contribution < -0.4 is 80.5 Å². The molecule has 0 spiro atoms. The quantitative estimate of drug-likeness (QED) is 0.337. The van der Waals surface area contributed by atoms with Gasteiger partial charge < -0.3 is 19.8 Å². The zero-order chi connectivity index (χ0) is 10.4. The van der Waals surface area contributed by atoms with Crippen molar-refractivity contribution in [3.05, 3.63) is 0 Å². The molecular weight excluding hydrogens is 218 g/mol. The fourth-order valence-electron chi connectivity index (χ4n) is 1.30. The number of carbonyl (C=O) groups is 2. The second kappa shape index (κ2) is 11.7. The zero-order valence-electron chi connectivity index (χ0n) is 9.91. The normalized spacial score (nSPS) is 11.1. The predicted octanol–water partition coefficient (Wildman–Crippen LogP) is -7.06. The van der Waals surface area contributed by atoms with Crippen LogP contribution in [-0.4, -0.2) is 11.9 Å². The van der Waals surface area contributed by atoms with Gasteiger partial charge in [-0.2, -0.15) is 0 Å². The van der Waals surface area contributed by atoms with Crippen LogP contribution in [-0.2, 0) is 9.59 Å². The van der Waals surface area contributed by atoms with Crippen molar-refractivity contribution in [2.24, 2.45) is 11.8 Å². The van der Waals surface area contributed by atoms with E-state index in [1.165, 1.54) is 0 Å². The average molecular weight is 232 g/mol. The van der Waals surface area contributed by atoms with Crippen molar-refractivity contribution in [3.8, 4) is 0 Å². The Morgan fingerprint density at radius 1 is 1.20 bits per heavy atom. The van der Waals surface area contributed by atoms with Crippen molar-refractivity contribution in [2.75, 3.05) is 0 Å². The van der Waals surface area contributed by atoms with Gasteiger partial charge in [0.1, 0.15) is 0 Å². The van der Waals surface area contributed by atoms with Crippen LogP contribution in [0.5, 0.6) is 0 Å².